The van der Waals surface area contributed by atoms with E-state index in [0.29, 0.717) is 12.3 Å². The summed E-state index contributed by atoms with van der Waals surface area (Å²) in [5.74, 6) is 0.720. The summed E-state index contributed by atoms with van der Waals surface area (Å²) in [6.45, 7) is 2.23. The van der Waals surface area contributed by atoms with Gasteiger partial charge in [-0.1, -0.05) is 61.4 Å². The van der Waals surface area contributed by atoms with E-state index in [4.69, 9.17) is 4.74 Å². The molecule has 0 radical (unpaired) electrons. The summed E-state index contributed by atoms with van der Waals surface area (Å²) in [5.41, 5.74) is 0. The third-order valence-electron chi connectivity index (χ3n) is 4.29. The van der Waals surface area contributed by atoms with E-state index in [1.54, 1.807) is 0 Å². The van der Waals surface area contributed by atoms with Gasteiger partial charge in [0.05, 0.1) is 0 Å². The van der Waals surface area contributed by atoms with Crippen LogP contribution in [0, 0.1) is 5.92 Å². The quantitative estimate of drug-likeness (QED) is 0.215. The van der Waals surface area contributed by atoms with Gasteiger partial charge in [0, 0.05) is 11.8 Å². The van der Waals surface area contributed by atoms with Crippen molar-refractivity contribution in [2.75, 3.05) is 5.33 Å². The lowest BCUT2D eigenvalue weighted by Gasteiger charge is -2.17. The second-order valence-electron chi connectivity index (χ2n) is 6.42. The zero-order chi connectivity index (χ0) is 15.3. The second kappa shape index (κ2) is 12.5. The molecule has 0 N–H and O–H groups in total. The average molecular weight is 361 g/mol. The minimum Gasteiger partial charge on any atom is -0.462 e. The molecule has 21 heavy (non-hydrogen) atoms. The highest BCUT2D eigenvalue weighted by Gasteiger charge is 2.33. The number of ether oxygens (including phenoxy) is 1. The minimum atomic E-state index is 0.0443. The minimum absolute atomic E-state index is 0.0443. The van der Waals surface area contributed by atoms with Crippen molar-refractivity contribution in [2.45, 2.75) is 96.5 Å². The lowest BCUT2D eigenvalue weighted by Crippen LogP contribution is -2.20. The average Bonchev–Trinajstić information content (AvgIpc) is 3.30. The predicted molar refractivity (Wildman–Crippen MR) is 92.9 cm³/mol. The summed E-state index contributed by atoms with van der Waals surface area (Å²) in [6.07, 6.45) is 15.4. The Hall–Kier alpha value is -0.0500. The second-order valence-corrected chi connectivity index (χ2v) is 7.21. The van der Waals surface area contributed by atoms with Crippen LogP contribution in [0.15, 0.2) is 0 Å². The summed E-state index contributed by atoms with van der Waals surface area (Å²) in [5, 5.41) is 1.09. The van der Waals surface area contributed by atoms with Crippen molar-refractivity contribution in [3.8, 4) is 0 Å². The predicted octanol–water partition coefficient (Wildman–Crippen LogP) is 6.01. The molecular weight excluding hydrogens is 328 g/mol. The van der Waals surface area contributed by atoms with E-state index in [1.807, 2.05) is 0 Å². The molecule has 1 fully saturated rings. The van der Waals surface area contributed by atoms with Crippen molar-refractivity contribution >= 4 is 21.9 Å². The van der Waals surface area contributed by atoms with Gasteiger partial charge in [-0.15, -0.1) is 0 Å². The first-order chi connectivity index (χ1) is 10.3. The van der Waals surface area contributed by atoms with Gasteiger partial charge in [-0.25, -0.2) is 0 Å². The zero-order valence-electron chi connectivity index (χ0n) is 13.7. The molecule has 1 atom stereocenters. The van der Waals surface area contributed by atoms with E-state index in [2.05, 4.69) is 22.9 Å². The summed E-state index contributed by atoms with van der Waals surface area (Å²) in [4.78, 5) is 11.9. The third-order valence-corrected chi connectivity index (χ3v) is 4.85. The van der Waals surface area contributed by atoms with Crippen molar-refractivity contribution in [1.82, 2.24) is 0 Å². The van der Waals surface area contributed by atoms with Crippen LogP contribution in [-0.4, -0.2) is 17.4 Å². The van der Waals surface area contributed by atoms with Crippen molar-refractivity contribution in [3.63, 3.8) is 0 Å². The Morgan fingerprint density at radius 2 is 1.71 bits per heavy atom. The molecular formula is C18H33BrO2. The molecule has 1 unspecified atom stereocenters. The lowest BCUT2D eigenvalue weighted by molar-refractivity contribution is -0.150. The molecule has 0 bridgehead atoms. The SMILES string of the molecule is CCCCCCC(OC(=O)CCCCCCCBr)C1CC1. The fourth-order valence-electron chi connectivity index (χ4n) is 2.75. The molecule has 0 spiro atoms. The molecule has 2 nitrogen and oxygen atoms in total. The van der Waals surface area contributed by atoms with Gasteiger partial charge in [-0.05, 0) is 44.4 Å². The number of carbonyl (C=O) groups excluding carboxylic acids is 1. The first-order valence-corrected chi connectivity index (χ1v) is 10.2. The van der Waals surface area contributed by atoms with Crippen molar-refractivity contribution in [3.05, 3.63) is 0 Å². The number of esters is 1. The van der Waals surface area contributed by atoms with Crippen LogP contribution in [0.5, 0.6) is 0 Å². The molecule has 0 aromatic rings. The number of carbonyl (C=O) groups is 1. The number of rotatable bonds is 14. The van der Waals surface area contributed by atoms with Gasteiger partial charge in [0.25, 0.3) is 0 Å². The number of hydrogen-bond donors (Lipinski definition) is 0. The van der Waals surface area contributed by atoms with Gasteiger partial charge in [0.1, 0.15) is 6.10 Å². The molecule has 0 saturated heterocycles. The maximum absolute atomic E-state index is 11.9. The smallest absolute Gasteiger partial charge is 0.306 e. The third kappa shape index (κ3) is 10.3. The van der Waals surface area contributed by atoms with Crippen LogP contribution in [0.3, 0.4) is 0 Å². The summed E-state index contributed by atoms with van der Waals surface area (Å²) < 4.78 is 5.74. The van der Waals surface area contributed by atoms with Crippen LogP contribution in [0.25, 0.3) is 0 Å². The number of hydrogen-bond acceptors (Lipinski definition) is 2. The van der Waals surface area contributed by atoms with E-state index in [9.17, 15) is 4.79 Å². The van der Waals surface area contributed by atoms with Crippen LogP contribution in [0.2, 0.25) is 0 Å². The van der Waals surface area contributed by atoms with Crippen LogP contribution in [0.4, 0.5) is 0 Å². The van der Waals surface area contributed by atoms with Crippen LogP contribution in [-0.2, 0) is 9.53 Å². The van der Waals surface area contributed by atoms with Gasteiger partial charge < -0.3 is 4.74 Å². The van der Waals surface area contributed by atoms with Gasteiger partial charge >= 0.3 is 5.97 Å². The zero-order valence-corrected chi connectivity index (χ0v) is 15.3. The normalized spacial score (nSPS) is 15.9. The molecule has 0 aromatic heterocycles. The number of halogens is 1. The Labute approximate surface area is 139 Å². The Morgan fingerprint density at radius 1 is 1.05 bits per heavy atom. The van der Waals surface area contributed by atoms with E-state index in [0.717, 1.165) is 24.6 Å². The Kier molecular flexibility index (Phi) is 11.3. The van der Waals surface area contributed by atoms with Crippen LogP contribution >= 0.6 is 15.9 Å². The summed E-state index contributed by atoms with van der Waals surface area (Å²) in [7, 11) is 0. The maximum atomic E-state index is 11.9. The largest absolute Gasteiger partial charge is 0.462 e. The molecule has 3 heteroatoms. The maximum Gasteiger partial charge on any atom is 0.306 e. The van der Waals surface area contributed by atoms with Crippen molar-refractivity contribution < 1.29 is 9.53 Å². The molecule has 0 aromatic carbocycles. The monoisotopic (exact) mass is 360 g/mol. The molecule has 0 aliphatic heterocycles. The van der Waals surface area contributed by atoms with Gasteiger partial charge in [-0.3, -0.25) is 4.79 Å². The highest BCUT2D eigenvalue weighted by Crippen LogP contribution is 2.37. The molecule has 1 rings (SSSR count). The van der Waals surface area contributed by atoms with Crippen molar-refractivity contribution in [2.24, 2.45) is 5.92 Å². The first kappa shape index (κ1) is 19.0. The van der Waals surface area contributed by atoms with E-state index < -0.39 is 0 Å². The summed E-state index contributed by atoms with van der Waals surface area (Å²) in [6, 6.07) is 0. The van der Waals surface area contributed by atoms with E-state index in [1.165, 1.54) is 57.8 Å². The Balaban J connectivity index is 2.05. The van der Waals surface area contributed by atoms with Gasteiger partial charge in [0.2, 0.25) is 0 Å². The van der Waals surface area contributed by atoms with Gasteiger partial charge in [-0.2, -0.15) is 0 Å². The Morgan fingerprint density at radius 3 is 2.38 bits per heavy atom. The van der Waals surface area contributed by atoms with Gasteiger partial charge in [0.15, 0.2) is 0 Å². The fraction of sp³-hybridized carbons (Fsp3) is 0.944. The highest BCUT2D eigenvalue weighted by atomic mass is 79.9. The van der Waals surface area contributed by atoms with Crippen LogP contribution in [0.1, 0.15) is 90.4 Å². The number of alkyl halides is 1. The summed E-state index contributed by atoms with van der Waals surface area (Å²) >= 11 is 3.44. The highest BCUT2D eigenvalue weighted by molar-refractivity contribution is 9.09. The van der Waals surface area contributed by atoms with Crippen LogP contribution < -0.4 is 0 Å². The fourth-order valence-corrected chi connectivity index (χ4v) is 3.15. The molecule has 0 amide bonds. The Bertz CT molecular complexity index is 264. The molecule has 0 heterocycles. The standard InChI is InChI=1S/C18H33BrO2/c1-2-3-4-8-11-17(16-13-14-16)21-18(20)12-9-6-5-7-10-15-19/h16-17H,2-15H2,1H3. The number of unbranched alkanes of at least 4 members (excludes halogenated alkanes) is 7. The lowest BCUT2D eigenvalue weighted by atomic mass is 10.1. The molecule has 124 valence electrons. The first-order valence-electron chi connectivity index (χ1n) is 9.03. The van der Waals surface area contributed by atoms with E-state index >= 15 is 0 Å². The topological polar surface area (TPSA) is 26.3 Å². The molecule has 1 saturated carbocycles. The molecule has 1 aliphatic carbocycles. The van der Waals surface area contributed by atoms with Crippen molar-refractivity contribution in [1.29, 1.82) is 0 Å². The van der Waals surface area contributed by atoms with E-state index in [-0.39, 0.29) is 12.1 Å². The molecule has 1 aliphatic rings.